The molecule has 0 aliphatic carbocycles. The number of halogens is 3. The molecular formula is C14H16F3N3O. The molecule has 1 aromatic carbocycles. The number of amides is 2. The fourth-order valence-corrected chi connectivity index (χ4v) is 1.77. The number of hydrogen-bond acceptors (Lipinski definition) is 2. The lowest BCUT2D eigenvalue weighted by Gasteiger charge is -2.25. The number of benzene rings is 1. The molecule has 2 N–H and O–H groups in total. The van der Waals surface area contributed by atoms with Crippen LogP contribution in [0, 0.1) is 11.3 Å². The number of urea groups is 1. The highest BCUT2D eigenvalue weighted by atomic mass is 19.4. The maximum Gasteiger partial charge on any atom is 0.416 e. The van der Waals surface area contributed by atoms with E-state index in [0.717, 1.165) is 12.1 Å². The van der Waals surface area contributed by atoms with Gasteiger partial charge in [-0.15, -0.1) is 0 Å². The highest BCUT2D eigenvalue weighted by molar-refractivity contribution is 5.90. The molecule has 0 radical (unpaired) electrons. The van der Waals surface area contributed by atoms with Gasteiger partial charge < -0.3 is 10.6 Å². The maximum absolute atomic E-state index is 12.6. The Morgan fingerprint density at radius 3 is 2.38 bits per heavy atom. The van der Waals surface area contributed by atoms with Crippen molar-refractivity contribution in [2.75, 3.05) is 5.32 Å². The lowest BCUT2D eigenvalue weighted by molar-refractivity contribution is -0.137. The third-order valence-corrected chi connectivity index (χ3v) is 3.22. The number of alkyl halides is 3. The van der Waals surface area contributed by atoms with Crippen molar-refractivity contribution in [2.45, 2.75) is 38.4 Å². The van der Waals surface area contributed by atoms with Crippen LogP contribution in [0.2, 0.25) is 0 Å². The maximum atomic E-state index is 12.6. The van der Waals surface area contributed by atoms with E-state index >= 15 is 0 Å². The largest absolute Gasteiger partial charge is 0.416 e. The van der Waals surface area contributed by atoms with Gasteiger partial charge in [0.2, 0.25) is 0 Å². The normalized spacial score (nSPS) is 11.6. The van der Waals surface area contributed by atoms with E-state index < -0.39 is 23.3 Å². The minimum Gasteiger partial charge on any atom is -0.319 e. The van der Waals surface area contributed by atoms with E-state index in [0.29, 0.717) is 12.8 Å². The Morgan fingerprint density at radius 1 is 1.29 bits per heavy atom. The number of nitriles is 1. The predicted octanol–water partition coefficient (Wildman–Crippen LogP) is 3.91. The van der Waals surface area contributed by atoms with Crippen LogP contribution in [0.3, 0.4) is 0 Å². The van der Waals surface area contributed by atoms with Gasteiger partial charge >= 0.3 is 12.2 Å². The van der Waals surface area contributed by atoms with Gasteiger partial charge in [0.1, 0.15) is 5.54 Å². The van der Waals surface area contributed by atoms with Gasteiger partial charge in [-0.25, -0.2) is 4.79 Å². The first-order valence-electron chi connectivity index (χ1n) is 6.44. The van der Waals surface area contributed by atoms with Crippen molar-refractivity contribution in [2.24, 2.45) is 0 Å². The molecule has 0 atom stereocenters. The van der Waals surface area contributed by atoms with Crippen LogP contribution in [-0.2, 0) is 6.18 Å². The van der Waals surface area contributed by atoms with Crippen molar-refractivity contribution >= 4 is 11.7 Å². The Labute approximate surface area is 121 Å². The second-order valence-electron chi connectivity index (χ2n) is 4.56. The van der Waals surface area contributed by atoms with Crippen molar-refractivity contribution < 1.29 is 18.0 Å². The molecule has 0 aliphatic rings. The second-order valence-corrected chi connectivity index (χ2v) is 4.56. The van der Waals surface area contributed by atoms with E-state index in [4.69, 9.17) is 5.26 Å². The summed E-state index contributed by atoms with van der Waals surface area (Å²) < 4.78 is 37.7. The third-order valence-electron chi connectivity index (χ3n) is 3.22. The molecule has 0 saturated heterocycles. The summed E-state index contributed by atoms with van der Waals surface area (Å²) >= 11 is 0. The first-order valence-corrected chi connectivity index (χ1v) is 6.44. The van der Waals surface area contributed by atoms with Gasteiger partial charge in [0.05, 0.1) is 11.6 Å². The Bertz CT molecular complexity index is 545. The summed E-state index contributed by atoms with van der Waals surface area (Å²) in [5, 5.41) is 13.9. The second kappa shape index (κ2) is 6.48. The Morgan fingerprint density at radius 2 is 1.90 bits per heavy atom. The topological polar surface area (TPSA) is 64.9 Å². The van der Waals surface area contributed by atoms with Gasteiger partial charge in [0.15, 0.2) is 0 Å². The van der Waals surface area contributed by atoms with Gasteiger partial charge in [-0.1, -0.05) is 19.9 Å². The van der Waals surface area contributed by atoms with Gasteiger partial charge in [-0.05, 0) is 31.0 Å². The van der Waals surface area contributed by atoms with Crippen molar-refractivity contribution in [3.8, 4) is 6.07 Å². The first-order chi connectivity index (χ1) is 9.76. The van der Waals surface area contributed by atoms with Crippen LogP contribution in [0.5, 0.6) is 0 Å². The lowest BCUT2D eigenvalue weighted by atomic mass is 9.95. The Hall–Kier alpha value is -2.23. The molecule has 0 aromatic heterocycles. The summed E-state index contributed by atoms with van der Waals surface area (Å²) in [5.41, 5.74) is -1.86. The van der Waals surface area contributed by atoms with Gasteiger partial charge in [-0.3, -0.25) is 0 Å². The molecule has 4 nitrogen and oxygen atoms in total. The SMILES string of the molecule is CCC(C#N)(CC)NC(=O)Nc1cccc(C(F)(F)F)c1. The van der Waals surface area contributed by atoms with Crippen molar-refractivity contribution in [1.29, 1.82) is 5.26 Å². The number of carbonyl (C=O) groups excluding carboxylic acids is 1. The summed E-state index contributed by atoms with van der Waals surface area (Å²) in [6.45, 7) is 3.49. The summed E-state index contributed by atoms with van der Waals surface area (Å²) in [6.07, 6.45) is -3.68. The average molecular weight is 299 g/mol. The fraction of sp³-hybridized carbons (Fsp3) is 0.429. The van der Waals surface area contributed by atoms with E-state index in [1.807, 2.05) is 6.07 Å². The van der Waals surface area contributed by atoms with E-state index in [9.17, 15) is 18.0 Å². The molecule has 7 heteroatoms. The summed E-state index contributed by atoms with van der Waals surface area (Å²) in [7, 11) is 0. The average Bonchev–Trinajstić information content (AvgIpc) is 2.44. The molecule has 0 bridgehead atoms. The molecule has 0 heterocycles. The van der Waals surface area contributed by atoms with Crippen molar-refractivity contribution in [3.05, 3.63) is 29.8 Å². The molecular weight excluding hydrogens is 283 g/mol. The Balaban J connectivity index is 2.83. The molecule has 1 aromatic rings. The summed E-state index contributed by atoms with van der Waals surface area (Å²) in [6, 6.07) is 5.61. The molecule has 2 amide bonds. The van der Waals surface area contributed by atoms with Gasteiger partial charge in [-0.2, -0.15) is 18.4 Å². The standard InChI is InChI=1S/C14H16F3N3O/c1-3-13(4-2,9-18)20-12(21)19-11-7-5-6-10(8-11)14(15,16)17/h5-8H,3-4H2,1-2H3,(H2,19,20,21). The van der Waals surface area contributed by atoms with Crippen LogP contribution in [0.25, 0.3) is 0 Å². The number of anilines is 1. The van der Waals surface area contributed by atoms with Crippen molar-refractivity contribution in [3.63, 3.8) is 0 Å². The predicted molar refractivity (Wildman–Crippen MR) is 72.5 cm³/mol. The zero-order valence-corrected chi connectivity index (χ0v) is 11.7. The van der Waals surface area contributed by atoms with E-state index in [1.165, 1.54) is 12.1 Å². The number of hydrogen-bond donors (Lipinski definition) is 2. The highest BCUT2D eigenvalue weighted by Gasteiger charge is 2.31. The smallest absolute Gasteiger partial charge is 0.319 e. The van der Waals surface area contributed by atoms with Crippen molar-refractivity contribution in [1.82, 2.24) is 5.32 Å². The number of nitrogens with zero attached hydrogens (tertiary/aromatic N) is 1. The van der Waals surface area contributed by atoms with E-state index in [1.54, 1.807) is 13.8 Å². The third kappa shape index (κ3) is 4.38. The van der Waals surface area contributed by atoms with Crippen LogP contribution < -0.4 is 10.6 Å². The number of carbonyl (C=O) groups is 1. The van der Waals surface area contributed by atoms with Gasteiger partial charge in [0, 0.05) is 5.69 Å². The molecule has 21 heavy (non-hydrogen) atoms. The van der Waals surface area contributed by atoms with Crippen LogP contribution in [0.1, 0.15) is 32.3 Å². The molecule has 0 aliphatic heterocycles. The monoisotopic (exact) mass is 299 g/mol. The minimum atomic E-state index is -4.47. The van der Waals surface area contributed by atoms with Gasteiger partial charge in [0.25, 0.3) is 0 Å². The minimum absolute atomic E-state index is 0.0152. The zero-order valence-electron chi connectivity index (χ0n) is 11.7. The van der Waals surface area contributed by atoms with E-state index in [-0.39, 0.29) is 5.69 Å². The number of nitrogens with one attached hydrogen (secondary N) is 2. The zero-order chi connectivity index (χ0) is 16.1. The summed E-state index contributed by atoms with van der Waals surface area (Å²) in [4.78, 5) is 11.8. The van der Waals surface area contributed by atoms with Crippen LogP contribution in [0.15, 0.2) is 24.3 Å². The molecule has 0 saturated carbocycles. The first kappa shape index (κ1) is 16.8. The quantitative estimate of drug-likeness (QED) is 0.885. The molecule has 0 spiro atoms. The number of rotatable bonds is 4. The fourth-order valence-electron chi connectivity index (χ4n) is 1.77. The lowest BCUT2D eigenvalue weighted by Crippen LogP contribution is -2.48. The van der Waals surface area contributed by atoms with Crippen LogP contribution in [0.4, 0.5) is 23.7 Å². The van der Waals surface area contributed by atoms with Crippen LogP contribution in [-0.4, -0.2) is 11.6 Å². The van der Waals surface area contributed by atoms with E-state index in [2.05, 4.69) is 10.6 Å². The summed E-state index contributed by atoms with van der Waals surface area (Å²) in [5.74, 6) is 0. The molecule has 0 unspecified atom stereocenters. The molecule has 0 fully saturated rings. The molecule has 1 rings (SSSR count). The highest BCUT2D eigenvalue weighted by Crippen LogP contribution is 2.30. The Kier molecular flexibility index (Phi) is 5.19. The van der Waals surface area contributed by atoms with Crippen LogP contribution >= 0.6 is 0 Å². The molecule has 114 valence electrons.